The van der Waals surface area contributed by atoms with E-state index in [0.29, 0.717) is 6.54 Å². The molecule has 1 aliphatic rings. The Labute approximate surface area is 140 Å². The number of benzene rings is 3. The maximum absolute atomic E-state index is 13.0. The number of nitrogens with zero attached hydrogens (tertiary/aromatic N) is 3. The Balaban J connectivity index is 1.82. The number of rotatable bonds is 2. The summed E-state index contributed by atoms with van der Waals surface area (Å²) in [6.07, 6.45) is 0. The van der Waals surface area contributed by atoms with Crippen LogP contribution in [0.2, 0.25) is 0 Å². The largest absolute Gasteiger partial charge is 0.330 e. The van der Waals surface area contributed by atoms with E-state index >= 15 is 0 Å². The number of anilines is 2. The van der Waals surface area contributed by atoms with Crippen molar-refractivity contribution in [2.24, 2.45) is 0 Å². The second kappa shape index (κ2) is 5.71. The summed E-state index contributed by atoms with van der Waals surface area (Å²) in [4.78, 5) is 16.3. The summed E-state index contributed by atoms with van der Waals surface area (Å²) in [5.41, 5.74) is 1.59. The minimum absolute atomic E-state index is 0.163. The highest BCUT2D eigenvalue weighted by atomic mass is 16.2. The molecule has 4 heteroatoms. The van der Waals surface area contributed by atoms with Crippen molar-refractivity contribution in [2.75, 3.05) is 16.3 Å². The maximum atomic E-state index is 13.0. The molecule has 0 spiro atoms. The molecule has 0 saturated carbocycles. The Morgan fingerprint density at radius 1 is 0.917 bits per heavy atom. The van der Waals surface area contributed by atoms with Crippen molar-refractivity contribution in [3.05, 3.63) is 72.8 Å². The molecule has 3 aromatic rings. The van der Waals surface area contributed by atoms with Crippen molar-refractivity contribution < 1.29 is 4.79 Å². The molecule has 24 heavy (non-hydrogen) atoms. The Morgan fingerprint density at radius 3 is 2.42 bits per heavy atom. The number of nitriles is 1. The molecule has 0 radical (unpaired) electrons. The molecule has 1 saturated heterocycles. The standard InChI is InChI=1S/C20H15N3O/c21-13-17-14-22(16-9-2-1-3-10-16)20(24)23(17)19-12-6-8-15-7-4-5-11-18(15)19/h1-12,17H,14H2. The van der Waals surface area contributed by atoms with Gasteiger partial charge in [-0.05, 0) is 23.6 Å². The highest BCUT2D eigenvalue weighted by molar-refractivity contribution is 6.11. The Morgan fingerprint density at radius 2 is 1.62 bits per heavy atom. The molecule has 0 N–H and O–H groups in total. The van der Waals surface area contributed by atoms with E-state index < -0.39 is 6.04 Å². The third-order valence-corrected chi connectivity index (χ3v) is 4.35. The van der Waals surface area contributed by atoms with Crippen molar-refractivity contribution in [3.8, 4) is 6.07 Å². The van der Waals surface area contributed by atoms with Crippen LogP contribution in [-0.4, -0.2) is 18.6 Å². The molecule has 116 valence electrons. The van der Waals surface area contributed by atoms with Gasteiger partial charge in [-0.25, -0.2) is 4.79 Å². The summed E-state index contributed by atoms with van der Waals surface area (Å²) in [6, 6.07) is 24.8. The van der Waals surface area contributed by atoms with Gasteiger partial charge in [-0.3, -0.25) is 9.80 Å². The smallest absolute Gasteiger partial charge is 0.291 e. The second-order valence-electron chi connectivity index (χ2n) is 5.74. The van der Waals surface area contributed by atoms with E-state index in [1.807, 2.05) is 72.8 Å². The second-order valence-corrected chi connectivity index (χ2v) is 5.74. The van der Waals surface area contributed by atoms with Crippen molar-refractivity contribution in [1.29, 1.82) is 5.26 Å². The minimum atomic E-state index is -0.511. The topological polar surface area (TPSA) is 47.3 Å². The van der Waals surface area contributed by atoms with Crippen LogP contribution < -0.4 is 9.80 Å². The van der Waals surface area contributed by atoms with Crippen LogP contribution in [0.3, 0.4) is 0 Å². The first-order chi connectivity index (χ1) is 11.8. The predicted molar refractivity (Wildman–Crippen MR) is 95.0 cm³/mol. The van der Waals surface area contributed by atoms with E-state index in [2.05, 4.69) is 6.07 Å². The number of carbonyl (C=O) groups is 1. The summed E-state index contributed by atoms with van der Waals surface area (Å²) >= 11 is 0. The molecule has 2 amide bonds. The van der Waals surface area contributed by atoms with Gasteiger partial charge in [0.1, 0.15) is 6.04 Å². The number of carbonyl (C=O) groups excluding carboxylic acids is 1. The van der Waals surface area contributed by atoms with Crippen LogP contribution in [0.15, 0.2) is 72.8 Å². The monoisotopic (exact) mass is 313 g/mol. The number of hydrogen-bond donors (Lipinski definition) is 0. The molecular weight excluding hydrogens is 298 g/mol. The average Bonchev–Trinajstić information content (AvgIpc) is 2.98. The number of hydrogen-bond acceptors (Lipinski definition) is 2. The molecule has 0 bridgehead atoms. The SMILES string of the molecule is N#CC1CN(c2ccccc2)C(=O)N1c1cccc2ccccc12. The lowest BCUT2D eigenvalue weighted by molar-refractivity contribution is 0.255. The van der Waals surface area contributed by atoms with Gasteiger partial charge in [0, 0.05) is 11.1 Å². The molecule has 4 rings (SSSR count). The predicted octanol–water partition coefficient (Wildman–Crippen LogP) is 4.18. The third kappa shape index (κ3) is 2.19. The fourth-order valence-corrected chi connectivity index (χ4v) is 3.21. The van der Waals surface area contributed by atoms with Gasteiger partial charge in [0.05, 0.1) is 18.3 Å². The first-order valence-electron chi connectivity index (χ1n) is 7.83. The summed E-state index contributed by atoms with van der Waals surface area (Å²) < 4.78 is 0. The first-order valence-corrected chi connectivity index (χ1v) is 7.83. The van der Waals surface area contributed by atoms with Gasteiger partial charge in [-0.2, -0.15) is 5.26 Å². The van der Waals surface area contributed by atoms with Gasteiger partial charge in [-0.15, -0.1) is 0 Å². The summed E-state index contributed by atoms with van der Waals surface area (Å²) in [6.45, 7) is 0.364. The number of fused-ring (bicyclic) bond motifs is 1. The van der Waals surface area contributed by atoms with Crippen LogP contribution >= 0.6 is 0 Å². The highest BCUT2D eigenvalue weighted by Gasteiger charge is 2.39. The van der Waals surface area contributed by atoms with Crippen molar-refractivity contribution in [3.63, 3.8) is 0 Å². The average molecular weight is 313 g/mol. The van der Waals surface area contributed by atoms with Crippen LogP contribution in [-0.2, 0) is 0 Å². The fraction of sp³-hybridized carbons (Fsp3) is 0.100. The zero-order valence-electron chi connectivity index (χ0n) is 13.0. The lowest BCUT2D eigenvalue weighted by Gasteiger charge is -2.21. The first kappa shape index (κ1) is 14.3. The van der Waals surface area contributed by atoms with Gasteiger partial charge in [-0.1, -0.05) is 54.6 Å². The van der Waals surface area contributed by atoms with E-state index in [0.717, 1.165) is 22.1 Å². The van der Waals surface area contributed by atoms with Crippen LogP contribution in [0.25, 0.3) is 10.8 Å². The zero-order valence-corrected chi connectivity index (χ0v) is 13.0. The Bertz CT molecular complexity index is 941. The number of urea groups is 1. The van der Waals surface area contributed by atoms with E-state index in [4.69, 9.17) is 0 Å². The molecule has 1 aliphatic heterocycles. The highest BCUT2D eigenvalue weighted by Crippen LogP contribution is 2.33. The van der Waals surface area contributed by atoms with Gasteiger partial charge in [0.2, 0.25) is 0 Å². The van der Waals surface area contributed by atoms with Gasteiger partial charge in [0.25, 0.3) is 0 Å². The van der Waals surface area contributed by atoms with Crippen molar-refractivity contribution in [2.45, 2.75) is 6.04 Å². The number of amides is 2. The molecule has 0 aliphatic carbocycles. The van der Waals surface area contributed by atoms with Gasteiger partial charge >= 0.3 is 6.03 Å². The minimum Gasteiger partial charge on any atom is -0.291 e. The lowest BCUT2D eigenvalue weighted by Crippen LogP contribution is -2.34. The lowest BCUT2D eigenvalue weighted by atomic mass is 10.1. The van der Waals surface area contributed by atoms with Crippen LogP contribution in [0.5, 0.6) is 0 Å². The molecule has 3 aromatic carbocycles. The van der Waals surface area contributed by atoms with Crippen LogP contribution in [0, 0.1) is 11.3 Å². The quantitative estimate of drug-likeness (QED) is 0.712. The fourth-order valence-electron chi connectivity index (χ4n) is 3.21. The van der Waals surface area contributed by atoms with Gasteiger partial charge < -0.3 is 0 Å². The molecule has 1 fully saturated rings. The van der Waals surface area contributed by atoms with Crippen LogP contribution in [0.1, 0.15) is 0 Å². The van der Waals surface area contributed by atoms with Crippen molar-refractivity contribution >= 4 is 28.2 Å². The van der Waals surface area contributed by atoms with Crippen LogP contribution in [0.4, 0.5) is 16.2 Å². The van der Waals surface area contributed by atoms with E-state index in [1.165, 1.54) is 0 Å². The molecule has 1 unspecified atom stereocenters. The Kier molecular flexibility index (Phi) is 3.40. The summed E-state index contributed by atoms with van der Waals surface area (Å²) in [5, 5.41) is 11.6. The number of para-hydroxylation sites is 1. The third-order valence-electron chi connectivity index (χ3n) is 4.35. The van der Waals surface area contributed by atoms with E-state index in [-0.39, 0.29) is 6.03 Å². The molecule has 1 atom stereocenters. The molecule has 0 aromatic heterocycles. The maximum Gasteiger partial charge on any atom is 0.330 e. The molecule has 4 nitrogen and oxygen atoms in total. The zero-order chi connectivity index (χ0) is 16.5. The van der Waals surface area contributed by atoms with Gasteiger partial charge in [0.15, 0.2) is 0 Å². The summed E-state index contributed by atoms with van der Waals surface area (Å²) in [7, 11) is 0. The Hall–Kier alpha value is -3.32. The molecular formula is C20H15N3O. The van der Waals surface area contributed by atoms with E-state index in [1.54, 1.807) is 9.80 Å². The molecule has 1 heterocycles. The van der Waals surface area contributed by atoms with E-state index in [9.17, 15) is 10.1 Å². The normalized spacial score (nSPS) is 17.3. The summed E-state index contributed by atoms with van der Waals surface area (Å²) in [5.74, 6) is 0. The van der Waals surface area contributed by atoms with Crippen molar-refractivity contribution in [1.82, 2.24) is 0 Å².